The van der Waals surface area contributed by atoms with E-state index >= 15 is 0 Å². The van der Waals surface area contributed by atoms with Crippen molar-refractivity contribution in [3.63, 3.8) is 0 Å². The zero-order valence-electron chi connectivity index (χ0n) is 16.7. The lowest BCUT2D eigenvalue weighted by Crippen LogP contribution is -2.22. The minimum atomic E-state index is -0.321. The first-order valence-corrected chi connectivity index (χ1v) is 10.7. The summed E-state index contributed by atoms with van der Waals surface area (Å²) in [4.78, 5) is 29.1. The predicted octanol–water partition coefficient (Wildman–Crippen LogP) is 5.33. The van der Waals surface area contributed by atoms with Gasteiger partial charge in [-0.15, -0.1) is 11.3 Å². The van der Waals surface area contributed by atoms with Crippen LogP contribution in [-0.4, -0.2) is 16.8 Å². The molecule has 0 aliphatic rings. The molecule has 32 heavy (non-hydrogen) atoms. The van der Waals surface area contributed by atoms with Gasteiger partial charge in [0, 0.05) is 12.2 Å². The standard InChI is InChI=1S/C24H17N3O4S/c28-22(19-11-12-20(31-19)24-27-17-4-1-2-6-21(17)32-24)25-14-15-7-9-16(10-8-15)26-23(29)18-5-3-13-30-18/h1-13H,14H2,(H,25,28)(H,26,29). The summed E-state index contributed by atoms with van der Waals surface area (Å²) in [6, 6.07) is 21.7. The Morgan fingerprint density at radius 3 is 2.50 bits per heavy atom. The molecule has 5 aromatic rings. The average molecular weight is 443 g/mol. The topological polar surface area (TPSA) is 97.4 Å². The second-order valence-electron chi connectivity index (χ2n) is 6.96. The van der Waals surface area contributed by atoms with Gasteiger partial charge < -0.3 is 19.5 Å². The quantitative estimate of drug-likeness (QED) is 0.370. The van der Waals surface area contributed by atoms with Crippen molar-refractivity contribution in [1.82, 2.24) is 10.3 Å². The highest BCUT2D eigenvalue weighted by atomic mass is 32.1. The molecule has 3 aromatic heterocycles. The third-order valence-corrected chi connectivity index (χ3v) is 5.80. The van der Waals surface area contributed by atoms with Gasteiger partial charge in [-0.1, -0.05) is 24.3 Å². The second-order valence-corrected chi connectivity index (χ2v) is 7.99. The zero-order valence-corrected chi connectivity index (χ0v) is 17.5. The van der Waals surface area contributed by atoms with Crippen LogP contribution in [0.1, 0.15) is 26.7 Å². The summed E-state index contributed by atoms with van der Waals surface area (Å²) >= 11 is 1.52. The number of hydrogen-bond donors (Lipinski definition) is 2. The molecule has 0 radical (unpaired) electrons. The second kappa shape index (κ2) is 8.52. The molecule has 0 unspecified atom stereocenters. The van der Waals surface area contributed by atoms with Gasteiger partial charge >= 0.3 is 0 Å². The van der Waals surface area contributed by atoms with Crippen molar-refractivity contribution in [2.75, 3.05) is 5.32 Å². The maximum absolute atomic E-state index is 12.5. The number of amides is 2. The summed E-state index contributed by atoms with van der Waals surface area (Å²) in [5, 5.41) is 6.32. The van der Waals surface area contributed by atoms with Crippen molar-refractivity contribution in [1.29, 1.82) is 0 Å². The molecule has 0 fully saturated rings. The number of anilines is 1. The molecule has 2 N–H and O–H groups in total. The largest absolute Gasteiger partial charge is 0.459 e. The zero-order chi connectivity index (χ0) is 21.9. The third-order valence-electron chi connectivity index (χ3n) is 4.74. The van der Waals surface area contributed by atoms with E-state index in [1.807, 2.05) is 36.4 Å². The van der Waals surface area contributed by atoms with E-state index in [2.05, 4.69) is 15.6 Å². The van der Waals surface area contributed by atoms with Gasteiger partial charge in [0.25, 0.3) is 11.8 Å². The number of nitrogens with one attached hydrogen (secondary N) is 2. The normalized spacial score (nSPS) is 10.9. The summed E-state index contributed by atoms with van der Waals surface area (Å²) in [6.45, 7) is 0.322. The van der Waals surface area contributed by atoms with E-state index in [9.17, 15) is 9.59 Å². The van der Waals surface area contributed by atoms with Crippen molar-refractivity contribution >= 4 is 39.1 Å². The lowest BCUT2D eigenvalue weighted by atomic mass is 10.2. The van der Waals surface area contributed by atoms with E-state index in [0.717, 1.165) is 20.8 Å². The molecule has 3 heterocycles. The molecule has 0 saturated heterocycles. The Morgan fingerprint density at radius 1 is 0.875 bits per heavy atom. The minimum Gasteiger partial charge on any atom is -0.459 e. The predicted molar refractivity (Wildman–Crippen MR) is 122 cm³/mol. The number of fused-ring (bicyclic) bond motifs is 1. The fourth-order valence-corrected chi connectivity index (χ4v) is 4.06. The van der Waals surface area contributed by atoms with Crippen LogP contribution < -0.4 is 10.6 Å². The maximum Gasteiger partial charge on any atom is 0.291 e. The van der Waals surface area contributed by atoms with Crippen molar-refractivity contribution in [2.45, 2.75) is 6.54 Å². The Balaban J connectivity index is 1.19. The molecule has 158 valence electrons. The summed E-state index contributed by atoms with van der Waals surface area (Å²) in [5.74, 6) is 0.393. The number of carbonyl (C=O) groups is 2. The Kier molecular flexibility index (Phi) is 5.27. The SMILES string of the molecule is O=C(Nc1ccc(CNC(=O)c2ccc(-c3nc4ccccc4s3)o2)cc1)c1ccco1. The lowest BCUT2D eigenvalue weighted by Gasteiger charge is -2.06. The Morgan fingerprint density at radius 2 is 1.72 bits per heavy atom. The Bertz CT molecular complexity index is 1350. The van der Waals surface area contributed by atoms with Crippen LogP contribution in [0.4, 0.5) is 5.69 Å². The van der Waals surface area contributed by atoms with Crippen molar-refractivity contribution < 1.29 is 18.4 Å². The fourth-order valence-electron chi connectivity index (χ4n) is 3.13. The summed E-state index contributed by atoms with van der Waals surface area (Å²) in [5.41, 5.74) is 2.42. The highest BCUT2D eigenvalue weighted by Crippen LogP contribution is 2.31. The molecule has 2 aromatic carbocycles. The van der Waals surface area contributed by atoms with Crippen LogP contribution in [0.15, 0.2) is 87.9 Å². The van der Waals surface area contributed by atoms with Gasteiger partial charge in [-0.05, 0) is 54.1 Å². The number of rotatable bonds is 6. The molecular formula is C24H17N3O4S. The molecule has 0 aliphatic heterocycles. The van der Waals surface area contributed by atoms with E-state index in [1.165, 1.54) is 17.6 Å². The maximum atomic E-state index is 12.5. The van der Waals surface area contributed by atoms with Crippen molar-refractivity contribution in [3.8, 4) is 10.8 Å². The van der Waals surface area contributed by atoms with E-state index in [1.54, 1.807) is 36.4 Å². The molecule has 2 amide bonds. The van der Waals surface area contributed by atoms with Gasteiger partial charge in [0.2, 0.25) is 0 Å². The van der Waals surface area contributed by atoms with Crippen molar-refractivity contribution in [3.05, 3.63) is 96.1 Å². The highest BCUT2D eigenvalue weighted by Gasteiger charge is 2.15. The fraction of sp³-hybridized carbons (Fsp3) is 0.0417. The smallest absolute Gasteiger partial charge is 0.291 e. The molecule has 7 nitrogen and oxygen atoms in total. The lowest BCUT2D eigenvalue weighted by molar-refractivity contribution is 0.0923. The molecule has 0 aliphatic carbocycles. The van der Waals surface area contributed by atoms with Crippen molar-refractivity contribution in [2.24, 2.45) is 0 Å². The third kappa shape index (κ3) is 4.17. The number of nitrogens with zero attached hydrogens (tertiary/aromatic N) is 1. The van der Waals surface area contributed by atoms with Gasteiger partial charge in [-0.3, -0.25) is 9.59 Å². The Hall–Kier alpha value is -4.17. The summed E-state index contributed by atoms with van der Waals surface area (Å²) < 4.78 is 11.9. The average Bonchev–Trinajstić information content (AvgIpc) is 3.58. The van der Waals surface area contributed by atoms with Crippen LogP contribution in [-0.2, 0) is 6.54 Å². The van der Waals surface area contributed by atoms with E-state index < -0.39 is 0 Å². The Labute approximate surface area is 186 Å². The van der Waals surface area contributed by atoms with Gasteiger partial charge in [0.1, 0.15) is 0 Å². The first-order chi connectivity index (χ1) is 15.7. The number of aromatic nitrogens is 1. The monoisotopic (exact) mass is 443 g/mol. The molecule has 0 atom stereocenters. The van der Waals surface area contributed by atoms with E-state index in [4.69, 9.17) is 8.83 Å². The summed E-state index contributed by atoms with van der Waals surface area (Å²) in [7, 11) is 0. The molecule has 0 spiro atoms. The van der Waals surface area contributed by atoms with Crippen LogP contribution in [0.3, 0.4) is 0 Å². The highest BCUT2D eigenvalue weighted by molar-refractivity contribution is 7.21. The van der Waals surface area contributed by atoms with Gasteiger partial charge in [0.05, 0.1) is 16.5 Å². The first kappa shape index (κ1) is 19.8. The number of thiazole rings is 1. The van der Waals surface area contributed by atoms with Crippen LogP contribution in [0, 0.1) is 0 Å². The van der Waals surface area contributed by atoms with Gasteiger partial charge in [0.15, 0.2) is 22.3 Å². The summed E-state index contributed by atoms with van der Waals surface area (Å²) in [6.07, 6.45) is 1.45. The molecule has 0 saturated carbocycles. The van der Waals surface area contributed by atoms with Crippen LogP contribution in [0.2, 0.25) is 0 Å². The first-order valence-electron chi connectivity index (χ1n) is 9.83. The molecule has 5 rings (SSSR count). The van der Waals surface area contributed by atoms with E-state index in [0.29, 0.717) is 18.0 Å². The number of furan rings is 2. The van der Waals surface area contributed by atoms with Gasteiger partial charge in [-0.25, -0.2) is 4.98 Å². The number of hydrogen-bond acceptors (Lipinski definition) is 6. The number of para-hydroxylation sites is 1. The van der Waals surface area contributed by atoms with Crippen LogP contribution in [0.5, 0.6) is 0 Å². The molecule has 8 heteroatoms. The van der Waals surface area contributed by atoms with Crippen LogP contribution in [0.25, 0.3) is 21.0 Å². The van der Waals surface area contributed by atoms with Crippen LogP contribution >= 0.6 is 11.3 Å². The van der Waals surface area contributed by atoms with E-state index in [-0.39, 0.29) is 23.3 Å². The number of benzene rings is 2. The molecule has 0 bridgehead atoms. The number of carbonyl (C=O) groups excluding carboxylic acids is 2. The minimum absolute atomic E-state index is 0.224. The van der Waals surface area contributed by atoms with Gasteiger partial charge in [-0.2, -0.15) is 0 Å². The molecular weight excluding hydrogens is 426 g/mol.